The van der Waals surface area contributed by atoms with E-state index >= 15 is 0 Å². The fourth-order valence-corrected chi connectivity index (χ4v) is 0.807. The molecular formula is C10H17NO. The van der Waals surface area contributed by atoms with E-state index in [1.165, 1.54) is 0 Å². The first-order valence-corrected chi connectivity index (χ1v) is 4.40. The summed E-state index contributed by atoms with van der Waals surface area (Å²) in [7, 11) is 0. The Morgan fingerprint density at radius 2 is 2.33 bits per heavy atom. The molecule has 0 aliphatic carbocycles. The van der Waals surface area contributed by atoms with E-state index in [9.17, 15) is 4.79 Å². The minimum absolute atomic E-state index is 0.111. The summed E-state index contributed by atoms with van der Waals surface area (Å²) in [6.07, 6.45) is 7.31. The van der Waals surface area contributed by atoms with Gasteiger partial charge in [-0.05, 0) is 5.92 Å². The lowest BCUT2D eigenvalue weighted by molar-refractivity contribution is -0.121. The zero-order valence-corrected chi connectivity index (χ0v) is 7.89. The number of terminal acetylenes is 1. The van der Waals surface area contributed by atoms with Crippen molar-refractivity contribution in [1.29, 1.82) is 0 Å². The molecule has 0 unspecified atom stereocenters. The average Bonchev–Trinajstić information content (AvgIpc) is 2.05. The second-order valence-electron chi connectivity index (χ2n) is 3.02. The van der Waals surface area contributed by atoms with Crippen LogP contribution in [0, 0.1) is 18.3 Å². The van der Waals surface area contributed by atoms with Gasteiger partial charge in [-0.3, -0.25) is 4.79 Å². The highest BCUT2D eigenvalue weighted by molar-refractivity contribution is 5.76. The molecule has 0 aliphatic rings. The van der Waals surface area contributed by atoms with Crippen molar-refractivity contribution in [1.82, 2.24) is 5.32 Å². The van der Waals surface area contributed by atoms with Gasteiger partial charge in [0.25, 0.3) is 0 Å². The van der Waals surface area contributed by atoms with Crippen LogP contribution in [0.4, 0.5) is 0 Å². The Hall–Kier alpha value is -0.970. The zero-order chi connectivity index (χ0) is 9.40. The highest BCUT2D eigenvalue weighted by atomic mass is 16.1. The Morgan fingerprint density at radius 1 is 1.67 bits per heavy atom. The van der Waals surface area contributed by atoms with Crippen LogP contribution in [0.25, 0.3) is 0 Å². The Labute approximate surface area is 74.7 Å². The molecule has 0 heterocycles. The van der Waals surface area contributed by atoms with Crippen molar-refractivity contribution >= 4 is 5.91 Å². The highest BCUT2D eigenvalue weighted by Gasteiger charge is 2.05. The van der Waals surface area contributed by atoms with Crippen molar-refractivity contribution in [3.05, 3.63) is 0 Å². The molecule has 0 aliphatic heterocycles. The van der Waals surface area contributed by atoms with Crippen LogP contribution >= 0.6 is 0 Å². The number of hydrogen-bond donors (Lipinski definition) is 1. The smallest absolute Gasteiger partial charge is 0.220 e. The van der Waals surface area contributed by atoms with Gasteiger partial charge in [0.15, 0.2) is 0 Å². The first kappa shape index (κ1) is 11.0. The number of hydrogen-bond acceptors (Lipinski definition) is 1. The van der Waals surface area contributed by atoms with Crippen molar-refractivity contribution in [2.45, 2.75) is 33.1 Å². The molecular weight excluding hydrogens is 150 g/mol. The van der Waals surface area contributed by atoms with Crippen LogP contribution < -0.4 is 5.32 Å². The average molecular weight is 167 g/mol. The molecule has 1 N–H and O–H groups in total. The normalized spacial score (nSPS) is 11.8. The summed E-state index contributed by atoms with van der Waals surface area (Å²) < 4.78 is 0. The molecule has 0 saturated heterocycles. The summed E-state index contributed by atoms with van der Waals surface area (Å²) in [4.78, 5) is 11.1. The van der Waals surface area contributed by atoms with Crippen LogP contribution in [-0.2, 0) is 4.79 Å². The molecule has 2 heteroatoms. The van der Waals surface area contributed by atoms with Gasteiger partial charge in [-0.2, -0.15) is 0 Å². The third-order valence-electron chi connectivity index (χ3n) is 1.82. The molecule has 1 amide bonds. The fourth-order valence-electron chi connectivity index (χ4n) is 0.807. The first-order chi connectivity index (χ1) is 5.70. The Morgan fingerprint density at radius 3 is 2.83 bits per heavy atom. The monoisotopic (exact) mass is 167 g/mol. The van der Waals surface area contributed by atoms with Crippen LogP contribution in [0.2, 0.25) is 0 Å². The second-order valence-corrected chi connectivity index (χ2v) is 3.02. The van der Waals surface area contributed by atoms with Crippen molar-refractivity contribution in [3.8, 4) is 12.3 Å². The quantitative estimate of drug-likeness (QED) is 0.488. The largest absolute Gasteiger partial charge is 0.355 e. The number of nitrogens with one attached hydrogen (secondary N) is 1. The van der Waals surface area contributed by atoms with E-state index in [0.29, 0.717) is 25.3 Å². The van der Waals surface area contributed by atoms with Crippen LogP contribution in [0.3, 0.4) is 0 Å². The molecule has 0 saturated carbocycles. The molecule has 68 valence electrons. The minimum Gasteiger partial charge on any atom is -0.355 e. The summed E-state index contributed by atoms with van der Waals surface area (Å²) in [5.41, 5.74) is 0. The molecule has 0 aromatic heterocycles. The van der Waals surface area contributed by atoms with Gasteiger partial charge in [-0.1, -0.05) is 20.3 Å². The molecule has 0 radical (unpaired) electrons. The van der Waals surface area contributed by atoms with Gasteiger partial charge in [0.05, 0.1) is 0 Å². The highest BCUT2D eigenvalue weighted by Crippen LogP contribution is 2.05. The summed E-state index contributed by atoms with van der Waals surface area (Å²) in [6, 6.07) is 0. The topological polar surface area (TPSA) is 29.1 Å². The SMILES string of the molecule is C#CCCNC(=O)C[C@@H](C)CC. The van der Waals surface area contributed by atoms with Gasteiger partial charge in [0, 0.05) is 19.4 Å². The zero-order valence-electron chi connectivity index (χ0n) is 7.89. The van der Waals surface area contributed by atoms with Gasteiger partial charge in [0.1, 0.15) is 0 Å². The van der Waals surface area contributed by atoms with Crippen LogP contribution in [-0.4, -0.2) is 12.5 Å². The molecule has 2 nitrogen and oxygen atoms in total. The number of rotatable bonds is 5. The van der Waals surface area contributed by atoms with Crippen LogP contribution in [0.1, 0.15) is 33.1 Å². The lowest BCUT2D eigenvalue weighted by Gasteiger charge is -2.07. The van der Waals surface area contributed by atoms with E-state index in [-0.39, 0.29) is 5.91 Å². The predicted octanol–water partition coefficient (Wildman–Crippen LogP) is 1.56. The van der Waals surface area contributed by atoms with Crippen LogP contribution in [0.15, 0.2) is 0 Å². The molecule has 1 atom stereocenters. The van der Waals surface area contributed by atoms with E-state index < -0.39 is 0 Å². The van der Waals surface area contributed by atoms with E-state index in [0.717, 1.165) is 6.42 Å². The summed E-state index contributed by atoms with van der Waals surface area (Å²) in [5.74, 6) is 3.05. The van der Waals surface area contributed by atoms with Crippen molar-refractivity contribution in [3.63, 3.8) is 0 Å². The van der Waals surface area contributed by atoms with E-state index in [4.69, 9.17) is 6.42 Å². The van der Waals surface area contributed by atoms with E-state index in [2.05, 4.69) is 25.1 Å². The maximum Gasteiger partial charge on any atom is 0.220 e. The Bertz CT molecular complexity index is 169. The predicted molar refractivity (Wildman–Crippen MR) is 50.5 cm³/mol. The molecule has 12 heavy (non-hydrogen) atoms. The molecule has 0 bridgehead atoms. The molecule has 0 rings (SSSR count). The number of carbonyl (C=O) groups is 1. The number of carbonyl (C=O) groups excluding carboxylic acids is 1. The second kappa shape index (κ2) is 6.72. The van der Waals surface area contributed by atoms with Crippen molar-refractivity contribution in [2.24, 2.45) is 5.92 Å². The Balaban J connectivity index is 3.41. The third kappa shape index (κ3) is 5.79. The van der Waals surface area contributed by atoms with Gasteiger partial charge in [0.2, 0.25) is 5.91 Å². The third-order valence-corrected chi connectivity index (χ3v) is 1.82. The lowest BCUT2D eigenvalue weighted by Crippen LogP contribution is -2.25. The molecule has 0 spiro atoms. The summed E-state index contributed by atoms with van der Waals surface area (Å²) in [5, 5.41) is 2.77. The van der Waals surface area contributed by atoms with Gasteiger partial charge in [-0.25, -0.2) is 0 Å². The van der Waals surface area contributed by atoms with E-state index in [1.807, 2.05) is 0 Å². The van der Waals surface area contributed by atoms with E-state index in [1.54, 1.807) is 0 Å². The summed E-state index contributed by atoms with van der Waals surface area (Å²) in [6.45, 7) is 4.76. The van der Waals surface area contributed by atoms with Gasteiger partial charge >= 0.3 is 0 Å². The standard InChI is InChI=1S/C10H17NO/c1-4-6-7-11-10(12)8-9(3)5-2/h1,9H,5-8H2,2-3H3,(H,11,12)/t9-/m0/s1. The maximum absolute atomic E-state index is 11.1. The number of amides is 1. The van der Waals surface area contributed by atoms with Gasteiger partial charge in [-0.15, -0.1) is 12.3 Å². The molecule has 0 aromatic rings. The first-order valence-electron chi connectivity index (χ1n) is 4.40. The van der Waals surface area contributed by atoms with Gasteiger partial charge < -0.3 is 5.32 Å². The molecule has 0 fully saturated rings. The maximum atomic E-state index is 11.1. The van der Waals surface area contributed by atoms with Crippen molar-refractivity contribution < 1.29 is 4.79 Å². The molecule has 0 aromatic carbocycles. The minimum atomic E-state index is 0.111. The lowest BCUT2D eigenvalue weighted by atomic mass is 10.1. The van der Waals surface area contributed by atoms with Crippen LogP contribution in [0.5, 0.6) is 0 Å². The fraction of sp³-hybridized carbons (Fsp3) is 0.700. The summed E-state index contributed by atoms with van der Waals surface area (Å²) >= 11 is 0. The van der Waals surface area contributed by atoms with Crippen molar-refractivity contribution in [2.75, 3.05) is 6.54 Å². The Kier molecular flexibility index (Phi) is 6.18.